The van der Waals surface area contributed by atoms with E-state index in [-0.39, 0.29) is 0 Å². The fourth-order valence-electron chi connectivity index (χ4n) is 3.44. The highest BCUT2D eigenvalue weighted by molar-refractivity contribution is 5.15. The van der Waals surface area contributed by atoms with Crippen LogP contribution in [0, 0.1) is 0 Å². The molecule has 0 saturated carbocycles. The van der Waals surface area contributed by atoms with Gasteiger partial charge >= 0.3 is 0 Å². The maximum absolute atomic E-state index is 10.9. The molecule has 1 saturated heterocycles. The van der Waals surface area contributed by atoms with Crippen molar-refractivity contribution in [3.05, 3.63) is 53.9 Å². The first kappa shape index (κ1) is 16.2. The summed E-state index contributed by atoms with van der Waals surface area (Å²) in [5.74, 6) is 0. The van der Waals surface area contributed by atoms with Crippen molar-refractivity contribution in [2.45, 2.75) is 25.1 Å². The molecule has 0 aliphatic carbocycles. The summed E-state index contributed by atoms with van der Waals surface area (Å²) in [7, 11) is 4.01. The molecule has 0 bridgehead atoms. The number of hydrogen-bond donors (Lipinski definition) is 1. The number of likely N-dealkylation sites (tertiary alicyclic amines) is 1. The predicted molar refractivity (Wildman–Crippen MR) is 90.8 cm³/mol. The summed E-state index contributed by atoms with van der Waals surface area (Å²) in [5.41, 5.74) is 1.84. The molecule has 23 heavy (non-hydrogen) atoms. The van der Waals surface area contributed by atoms with E-state index in [1.165, 1.54) is 5.56 Å². The lowest BCUT2D eigenvalue weighted by Crippen LogP contribution is -2.43. The van der Waals surface area contributed by atoms with Crippen molar-refractivity contribution in [1.82, 2.24) is 19.6 Å². The largest absolute Gasteiger partial charge is 0.387 e. The van der Waals surface area contributed by atoms with Gasteiger partial charge in [0.2, 0.25) is 0 Å². The van der Waals surface area contributed by atoms with Crippen molar-refractivity contribution in [2.75, 3.05) is 26.7 Å². The number of aliphatic hydroxyl groups is 1. The van der Waals surface area contributed by atoms with Crippen molar-refractivity contribution in [1.29, 1.82) is 0 Å². The predicted octanol–water partition coefficient (Wildman–Crippen LogP) is 1.49. The number of aromatic nitrogens is 2. The number of nitrogens with zero attached hydrogens (tertiary/aromatic N) is 4. The molecular weight excluding hydrogens is 288 g/mol. The van der Waals surface area contributed by atoms with Gasteiger partial charge in [-0.1, -0.05) is 30.3 Å². The Balaban J connectivity index is 1.53. The third-order valence-electron chi connectivity index (χ3n) is 4.58. The van der Waals surface area contributed by atoms with E-state index in [0.717, 1.165) is 38.3 Å². The molecule has 1 aromatic heterocycles. The average Bonchev–Trinajstić information content (AvgIpc) is 3.07. The number of hydrogen-bond acceptors (Lipinski definition) is 4. The van der Waals surface area contributed by atoms with Gasteiger partial charge < -0.3 is 5.11 Å². The second kappa shape index (κ2) is 6.83. The molecule has 2 heterocycles. The maximum Gasteiger partial charge on any atom is 0.0912 e. The van der Waals surface area contributed by atoms with Crippen LogP contribution >= 0.6 is 0 Å². The zero-order chi connectivity index (χ0) is 16.3. The second-order valence-electron chi connectivity index (χ2n) is 6.79. The molecule has 1 N–H and O–H groups in total. The Kier molecular flexibility index (Phi) is 4.80. The Bertz CT molecular complexity index is 627. The van der Waals surface area contributed by atoms with Crippen LogP contribution in [0.5, 0.6) is 0 Å². The van der Waals surface area contributed by atoms with Gasteiger partial charge in [-0.2, -0.15) is 5.10 Å². The van der Waals surface area contributed by atoms with Gasteiger partial charge in [0.25, 0.3) is 0 Å². The SMILES string of the molecule is CN(Cc1ccnn1C)CC1(O)CCN(Cc2ccccc2)C1. The van der Waals surface area contributed by atoms with Gasteiger partial charge in [0.1, 0.15) is 0 Å². The van der Waals surface area contributed by atoms with Crippen molar-refractivity contribution in [2.24, 2.45) is 7.05 Å². The summed E-state index contributed by atoms with van der Waals surface area (Å²) in [6, 6.07) is 12.5. The second-order valence-corrected chi connectivity index (χ2v) is 6.79. The Morgan fingerprint density at radius 3 is 2.74 bits per heavy atom. The van der Waals surface area contributed by atoms with Crippen molar-refractivity contribution < 1.29 is 5.11 Å². The summed E-state index contributed by atoms with van der Waals surface area (Å²) >= 11 is 0. The number of rotatable bonds is 6. The molecule has 1 aliphatic rings. The molecule has 2 aromatic rings. The average molecular weight is 314 g/mol. The van der Waals surface area contributed by atoms with Crippen LogP contribution in [0.25, 0.3) is 0 Å². The molecule has 0 spiro atoms. The monoisotopic (exact) mass is 314 g/mol. The summed E-state index contributed by atoms with van der Waals surface area (Å²) < 4.78 is 1.89. The number of likely N-dealkylation sites (N-methyl/N-ethyl adjacent to an activating group) is 1. The number of β-amino-alcohol motifs (C(OH)–C–C–N with tert-alkyl or cyclic N) is 1. The summed E-state index contributed by atoms with van der Waals surface area (Å²) in [6.45, 7) is 4.08. The lowest BCUT2D eigenvalue weighted by atomic mass is 10.0. The van der Waals surface area contributed by atoms with Gasteiger partial charge in [-0.3, -0.25) is 14.5 Å². The van der Waals surface area contributed by atoms with E-state index in [4.69, 9.17) is 0 Å². The fraction of sp³-hybridized carbons (Fsp3) is 0.500. The normalized spacial score (nSPS) is 22.1. The van der Waals surface area contributed by atoms with E-state index < -0.39 is 5.60 Å². The van der Waals surface area contributed by atoms with E-state index >= 15 is 0 Å². The highest BCUT2D eigenvalue weighted by atomic mass is 16.3. The van der Waals surface area contributed by atoms with Crippen LogP contribution in [0.15, 0.2) is 42.6 Å². The Morgan fingerprint density at radius 1 is 1.26 bits per heavy atom. The Hall–Kier alpha value is -1.69. The van der Waals surface area contributed by atoms with Crippen molar-refractivity contribution >= 4 is 0 Å². The smallest absolute Gasteiger partial charge is 0.0912 e. The zero-order valence-electron chi connectivity index (χ0n) is 14.0. The van der Waals surface area contributed by atoms with Gasteiger partial charge in [0.15, 0.2) is 0 Å². The van der Waals surface area contributed by atoms with E-state index in [1.807, 2.05) is 30.1 Å². The highest BCUT2D eigenvalue weighted by Gasteiger charge is 2.36. The Morgan fingerprint density at radius 2 is 2.04 bits per heavy atom. The molecule has 5 heteroatoms. The lowest BCUT2D eigenvalue weighted by Gasteiger charge is -2.29. The van der Waals surface area contributed by atoms with Crippen LogP contribution in [0.2, 0.25) is 0 Å². The van der Waals surface area contributed by atoms with Crippen LogP contribution in [0.4, 0.5) is 0 Å². The molecule has 1 aliphatic heterocycles. The molecule has 5 nitrogen and oxygen atoms in total. The van der Waals surface area contributed by atoms with Crippen LogP contribution in [-0.2, 0) is 20.1 Å². The molecule has 1 unspecified atom stereocenters. The van der Waals surface area contributed by atoms with Gasteiger partial charge in [-0.25, -0.2) is 0 Å². The molecule has 3 rings (SSSR count). The van der Waals surface area contributed by atoms with Gasteiger partial charge in [0.05, 0.1) is 11.3 Å². The van der Waals surface area contributed by atoms with Crippen LogP contribution in [0.1, 0.15) is 17.7 Å². The van der Waals surface area contributed by atoms with Crippen molar-refractivity contribution in [3.63, 3.8) is 0 Å². The van der Waals surface area contributed by atoms with Gasteiger partial charge in [-0.15, -0.1) is 0 Å². The van der Waals surface area contributed by atoms with E-state index in [1.54, 1.807) is 0 Å². The van der Waals surface area contributed by atoms with Crippen LogP contribution < -0.4 is 0 Å². The summed E-state index contributed by atoms with van der Waals surface area (Å²) in [6.07, 6.45) is 2.64. The first-order valence-electron chi connectivity index (χ1n) is 8.18. The minimum atomic E-state index is -0.623. The standard InChI is InChI=1S/C18H26N4O/c1-20(13-17-8-10-19-21(17)2)14-18(23)9-11-22(15-18)12-16-6-4-3-5-7-16/h3-8,10,23H,9,11-15H2,1-2H3. The highest BCUT2D eigenvalue weighted by Crippen LogP contribution is 2.24. The van der Waals surface area contributed by atoms with Crippen LogP contribution in [-0.4, -0.2) is 57.0 Å². The first-order chi connectivity index (χ1) is 11.0. The molecule has 124 valence electrons. The fourth-order valence-corrected chi connectivity index (χ4v) is 3.44. The molecule has 0 radical (unpaired) electrons. The quantitative estimate of drug-likeness (QED) is 0.877. The molecule has 0 amide bonds. The molecular formula is C18H26N4O. The van der Waals surface area contributed by atoms with E-state index in [9.17, 15) is 5.11 Å². The lowest BCUT2D eigenvalue weighted by molar-refractivity contribution is 0.0157. The van der Waals surface area contributed by atoms with Crippen LogP contribution in [0.3, 0.4) is 0 Å². The molecule has 1 aromatic carbocycles. The Labute approximate surface area is 138 Å². The summed E-state index contributed by atoms with van der Waals surface area (Å²) in [5, 5.41) is 15.1. The topological polar surface area (TPSA) is 44.5 Å². The van der Waals surface area contributed by atoms with Crippen molar-refractivity contribution in [3.8, 4) is 0 Å². The van der Waals surface area contributed by atoms with Gasteiger partial charge in [-0.05, 0) is 25.1 Å². The minimum absolute atomic E-state index is 0.623. The van der Waals surface area contributed by atoms with E-state index in [2.05, 4.69) is 46.2 Å². The van der Waals surface area contributed by atoms with E-state index in [0.29, 0.717) is 6.54 Å². The minimum Gasteiger partial charge on any atom is -0.387 e. The third-order valence-corrected chi connectivity index (χ3v) is 4.58. The number of benzene rings is 1. The maximum atomic E-state index is 10.9. The molecule has 1 atom stereocenters. The first-order valence-corrected chi connectivity index (χ1v) is 8.18. The zero-order valence-corrected chi connectivity index (χ0v) is 14.0. The third kappa shape index (κ3) is 4.19. The van der Waals surface area contributed by atoms with Gasteiger partial charge in [0, 0.05) is 46.0 Å². The number of aryl methyl sites for hydroxylation is 1. The molecule has 1 fully saturated rings. The summed E-state index contributed by atoms with van der Waals surface area (Å²) in [4.78, 5) is 4.52.